The molecule has 6 aromatic rings. The molecule has 1 aliphatic heterocycles. The molecule has 5 aromatic carbocycles. The number of rotatable bonds is 20. The summed E-state index contributed by atoms with van der Waals surface area (Å²) in [6.07, 6.45) is -1.50. The molecule has 7 rings (SSSR count). The normalized spacial score (nSPS) is 19.2. The summed E-state index contributed by atoms with van der Waals surface area (Å²) in [6, 6.07) is 41.3. The molecule has 1 aliphatic rings. The van der Waals surface area contributed by atoms with Gasteiger partial charge in [0.15, 0.2) is 6.04 Å². The third kappa shape index (κ3) is 11.4. The topological polar surface area (TPSA) is 142 Å². The minimum Gasteiger partial charge on any atom is -0.508 e. The van der Waals surface area contributed by atoms with Gasteiger partial charge < -0.3 is 43.0 Å². The summed E-state index contributed by atoms with van der Waals surface area (Å²) >= 11 is 0. The lowest BCUT2D eigenvalue weighted by atomic mass is 9.89. The van der Waals surface area contributed by atoms with Crippen LogP contribution in [0.2, 0.25) is 0 Å². The Morgan fingerprint density at radius 2 is 1.28 bits per heavy atom. The Morgan fingerprint density at radius 3 is 1.85 bits per heavy atom. The van der Waals surface area contributed by atoms with E-state index >= 15 is 0 Å². The number of nitrogens with zero attached hydrogens (tertiary/aromatic N) is 3. The molecule has 61 heavy (non-hydrogen) atoms. The van der Waals surface area contributed by atoms with E-state index in [1.807, 2.05) is 109 Å². The Bertz CT molecular complexity index is 2240. The average molecular weight is 830 g/mol. The molecule has 0 radical (unpaired) electrons. The smallest absolute Gasteiger partial charge is 0.331 e. The van der Waals surface area contributed by atoms with Crippen LogP contribution in [0.4, 0.5) is 0 Å². The monoisotopic (exact) mass is 829 g/mol. The summed E-state index contributed by atoms with van der Waals surface area (Å²) in [5.41, 5.74) is 4.97. The first kappa shape index (κ1) is 43.0. The maximum atomic E-state index is 12.9. The van der Waals surface area contributed by atoms with Gasteiger partial charge in [0.05, 0.1) is 60.6 Å². The largest absolute Gasteiger partial charge is 0.508 e. The molecule has 0 bridgehead atoms. The lowest BCUT2D eigenvalue weighted by molar-refractivity contribution is -0.275. The van der Waals surface area contributed by atoms with Crippen LogP contribution in [0.25, 0.3) is 0 Å². The van der Waals surface area contributed by atoms with E-state index in [1.54, 1.807) is 44.7 Å². The standard InChI is InChI=1S/C48H51N3O10/c1-54-39-23-24-42(55-2)40(26-39)44-46(59-29-35-15-9-5-10-16-35)47(60-30-36-17-11-6-12-18-36)45(58-28-34-13-7-4-8-14-34)43(61-44)32-57-31-37-27-51(50-49-37)41(48(53)56-3)25-33-19-21-38(52)22-20-33/h4-24,26-27,41,43-47,52H,25,28-32H2,1-3H3/t41-,43+,44-,45+,46-,47-/m0/s1. The van der Waals surface area contributed by atoms with Gasteiger partial charge in [-0.3, -0.25) is 0 Å². The van der Waals surface area contributed by atoms with Gasteiger partial charge >= 0.3 is 5.97 Å². The van der Waals surface area contributed by atoms with Gasteiger partial charge in [-0.05, 0) is 52.6 Å². The van der Waals surface area contributed by atoms with E-state index < -0.39 is 42.5 Å². The number of phenolic OH excluding ortho intramolecular Hbond substituents is 1. The Morgan fingerprint density at radius 1 is 0.689 bits per heavy atom. The predicted octanol–water partition coefficient (Wildman–Crippen LogP) is 7.37. The number of aromatic hydroxyl groups is 1. The van der Waals surface area contributed by atoms with E-state index in [0.717, 1.165) is 22.3 Å². The summed E-state index contributed by atoms with van der Waals surface area (Å²) in [7, 11) is 4.56. The summed E-state index contributed by atoms with van der Waals surface area (Å²) in [5.74, 6) is 0.862. The number of phenols is 1. The van der Waals surface area contributed by atoms with Gasteiger partial charge in [0.25, 0.3) is 0 Å². The maximum Gasteiger partial charge on any atom is 0.331 e. The van der Waals surface area contributed by atoms with Crippen LogP contribution in [0.15, 0.2) is 140 Å². The van der Waals surface area contributed by atoms with Gasteiger partial charge in [-0.25, -0.2) is 9.48 Å². The van der Waals surface area contributed by atoms with E-state index in [2.05, 4.69) is 10.3 Å². The van der Waals surface area contributed by atoms with Crippen molar-refractivity contribution in [3.63, 3.8) is 0 Å². The SMILES string of the molecule is COC(=O)[C@H](Cc1ccc(O)cc1)n1cc(COC[C@H]2O[C@@H](c3cc(OC)ccc3OC)[C@H](OCc3ccccc3)[C@@H](OCc3ccccc3)[C@@H]2OCc2ccccc2)nn1. The van der Waals surface area contributed by atoms with E-state index in [-0.39, 0.29) is 45.2 Å². The van der Waals surface area contributed by atoms with Crippen molar-refractivity contribution in [3.8, 4) is 17.2 Å². The maximum absolute atomic E-state index is 12.9. The molecule has 6 atom stereocenters. The lowest BCUT2D eigenvalue weighted by Gasteiger charge is -2.46. The Hall–Kier alpha value is -6.09. The molecule has 1 N–H and O–H groups in total. The molecule has 318 valence electrons. The summed E-state index contributed by atoms with van der Waals surface area (Å²) < 4.78 is 52.3. The Kier molecular flexibility index (Phi) is 15.1. The van der Waals surface area contributed by atoms with Crippen LogP contribution in [-0.2, 0) is 66.1 Å². The van der Waals surface area contributed by atoms with Crippen molar-refractivity contribution in [2.24, 2.45) is 0 Å². The van der Waals surface area contributed by atoms with Gasteiger partial charge in [0.1, 0.15) is 53.5 Å². The van der Waals surface area contributed by atoms with Crippen molar-refractivity contribution >= 4 is 5.97 Å². The summed E-state index contributed by atoms with van der Waals surface area (Å²) in [5, 5.41) is 18.4. The van der Waals surface area contributed by atoms with E-state index in [9.17, 15) is 9.90 Å². The van der Waals surface area contributed by atoms with Crippen LogP contribution in [0, 0.1) is 0 Å². The zero-order valence-corrected chi connectivity index (χ0v) is 34.4. The second-order valence-electron chi connectivity index (χ2n) is 14.6. The number of ether oxygens (including phenoxy) is 8. The van der Waals surface area contributed by atoms with Gasteiger partial charge in [0.2, 0.25) is 0 Å². The number of benzene rings is 5. The third-order valence-electron chi connectivity index (χ3n) is 10.5. The first-order valence-electron chi connectivity index (χ1n) is 20.1. The number of carbonyl (C=O) groups is 1. The van der Waals surface area contributed by atoms with E-state index in [0.29, 0.717) is 22.8 Å². The molecule has 13 nitrogen and oxygen atoms in total. The van der Waals surface area contributed by atoms with Crippen LogP contribution in [0.3, 0.4) is 0 Å². The molecule has 0 amide bonds. The fourth-order valence-corrected chi connectivity index (χ4v) is 7.32. The fraction of sp³-hybridized carbons (Fsp3) is 0.312. The molecule has 0 saturated carbocycles. The quantitative estimate of drug-likeness (QED) is 0.0769. The fourth-order valence-electron chi connectivity index (χ4n) is 7.32. The highest BCUT2D eigenvalue weighted by molar-refractivity contribution is 5.74. The van der Waals surface area contributed by atoms with Crippen molar-refractivity contribution in [2.75, 3.05) is 27.9 Å². The van der Waals surface area contributed by atoms with Crippen LogP contribution >= 0.6 is 0 Å². The number of carbonyl (C=O) groups excluding carboxylic acids is 1. The third-order valence-corrected chi connectivity index (χ3v) is 10.5. The molecule has 13 heteroatoms. The number of esters is 1. The number of hydrogen-bond donors (Lipinski definition) is 1. The van der Waals surface area contributed by atoms with E-state index in [1.165, 1.54) is 11.8 Å². The van der Waals surface area contributed by atoms with Crippen molar-refractivity contribution in [1.82, 2.24) is 15.0 Å². The highest BCUT2D eigenvalue weighted by Gasteiger charge is 2.50. The second kappa shape index (κ2) is 21.4. The number of aromatic nitrogens is 3. The van der Waals surface area contributed by atoms with Crippen molar-refractivity contribution in [3.05, 3.63) is 173 Å². The molecule has 2 heterocycles. The molecular formula is C48H51N3O10. The van der Waals surface area contributed by atoms with Gasteiger partial charge in [-0.1, -0.05) is 108 Å². The van der Waals surface area contributed by atoms with Crippen molar-refractivity contribution < 1.29 is 47.8 Å². The van der Waals surface area contributed by atoms with Gasteiger partial charge in [-0.2, -0.15) is 0 Å². The first-order valence-corrected chi connectivity index (χ1v) is 20.1. The van der Waals surface area contributed by atoms with Crippen LogP contribution in [0.5, 0.6) is 17.2 Å². The summed E-state index contributed by atoms with van der Waals surface area (Å²) in [4.78, 5) is 12.9. The number of hydrogen-bond acceptors (Lipinski definition) is 12. The van der Waals surface area contributed by atoms with Crippen LogP contribution in [-0.4, -0.2) is 78.4 Å². The second-order valence-corrected chi connectivity index (χ2v) is 14.6. The minimum atomic E-state index is -0.790. The molecule has 1 aromatic heterocycles. The Balaban J connectivity index is 1.20. The van der Waals surface area contributed by atoms with Crippen LogP contribution < -0.4 is 9.47 Å². The number of methoxy groups -OCH3 is 3. The molecule has 1 fully saturated rings. The average Bonchev–Trinajstić information content (AvgIpc) is 3.78. The van der Waals surface area contributed by atoms with Gasteiger partial charge in [-0.15, -0.1) is 5.10 Å². The minimum absolute atomic E-state index is 0.0506. The molecule has 0 unspecified atom stereocenters. The zero-order valence-electron chi connectivity index (χ0n) is 34.4. The summed E-state index contributed by atoms with van der Waals surface area (Å²) in [6.45, 7) is 0.963. The van der Waals surface area contributed by atoms with Gasteiger partial charge in [0, 0.05) is 12.0 Å². The highest BCUT2D eigenvalue weighted by atomic mass is 16.6. The highest BCUT2D eigenvalue weighted by Crippen LogP contribution is 2.42. The molecule has 0 aliphatic carbocycles. The molecular weight excluding hydrogens is 779 g/mol. The molecule has 0 spiro atoms. The van der Waals surface area contributed by atoms with E-state index in [4.69, 9.17) is 37.9 Å². The first-order chi connectivity index (χ1) is 29.9. The van der Waals surface area contributed by atoms with Crippen LogP contribution in [0.1, 0.15) is 45.7 Å². The van der Waals surface area contributed by atoms with Crippen molar-refractivity contribution in [1.29, 1.82) is 0 Å². The van der Waals surface area contributed by atoms with Crippen molar-refractivity contribution in [2.45, 2.75) is 69.4 Å². The molecule has 1 saturated heterocycles. The zero-order chi connectivity index (χ0) is 42.4. The Labute approximate surface area is 355 Å². The lowest BCUT2D eigenvalue weighted by Crippen LogP contribution is -2.58. The predicted molar refractivity (Wildman–Crippen MR) is 225 cm³/mol.